The summed E-state index contributed by atoms with van der Waals surface area (Å²) in [5.74, 6) is -0.492. The second-order valence-corrected chi connectivity index (χ2v) is 11.5. The van der Waals surface area contributed by atoms with Crippen LogP contribution < -0.4 is 16.2 Å². The van der Waals surface area contributed by atoms with Crippen molar-refractivity contribution in [3.8, 4) is 22.6 Å². The lowest BCUT2D eigenvalue weighted by atomic mass is 10.0. The van der Waals surface area contributed by atoms with E-state index in [1.807, 2.05) is 0 Å². The van der Waals surface area contributed by atoms with E-state index in [9.17, 15) is 27.6 Å². The fraction of sp³-hybridized carbons (Fsp3) is 0.378. The van der Waals surface area contributed by atoms with Gasteiger partial charge in [0.25, 0.3) is 5.56 Å². The highest BCUT2D eigenvalue weighted by Crippen LogP contribution is 2.32. The Morgan fingerprint density at radius 2 is 1.51 bits per heavy atom. The van der Waals surface area contributed by atoms with Crippen LogP contribution in [0.25, 0.3) is 27.5 Å². The van der Waals surface area contributed by atoms with Crippen molar-refractivity contribution < 1.29 is 41.7 Å². The summed E-state index contributed by atoms with van der Waals surface area (Å²) in [6.07, 6.45) is -2.88. The van der Waals surface area contributed by atoms with Gasteiger partial charge in [-0.3, -0.25) is 14.2 Å². The normalized spacial score (nSPS) is 11.3. The van der Waals surface area contributed by atoms with E-state index in [-0.39, 0.29) is 43.3 Å². The van der Waals surface area contributed by atoms with Gasteiger partial charge in [-0.1, -0.05) is 18.2 Å². The zero-order valence-electron chi connectivity index (χ0n) is 29.4. The van der Waals surface area contributed by atoms with Crippen LogP contribution in [0.5, 0.6) is 0 Å². The number of pyridine rings is 1. The first-order chi connectivity index (χ1) is 25.5. The number of alkyl halides is 3. The number of carbonyl (C=O) groups excluding carboxylic acids is 2. The number of amides is 2. The van der Waals surface area contributed by atoms with Gasteiger partial charge < -0.3 is 29.6 Å². The Morgan fingerprint density at radius 3 is 2.13 bits per heavy atom. The Kier molecular flexibility index (Phi) is 15.3. The quantitative estimate of drug-likeness (QED) is 0.0687. The van der Waals surface area contributed by atoms with Gasteiger partial charge in [0.15, 0.2) is 11.5 Å². The van der Waals surface area contributed by atoms with Crippen molar-refractivity contribution in [1.29, 1.82) is 0 Å². The van der Waals surface area contributed by atoms with Crippen molar-refractivity contribution in [1.82, 2.24) is 25.0 Å². The van der Waals surface area contributed by atoms with Crippen LogP contribution in [0.1, 0.15) is 34.5 Å². The highest BCUT2D eigenvalue weighted by atomic mass is 19.4. The fourth-order valence-electron chi connectivity index (χ4n) is 5.23. The molecule has 2 heterocycles. The molecule has 2 amide bonds. The van der Waals surface area contributed by atoms with Crippen LogP contribution in [-0.4, -0.2) is 92.6 Å². The van der Waals surface area contributed by atoms with Crippen molar-refractivity contribution in [2.45, 2.75) is 25.9 Å². The highest BCUT2D eigenvalue weighted by molar-refractivity contribution is 5.97. The second-order valence-electron chi connectivity index (χ2n) is 11.5. The molecule has 0 spiro atoms. The third kappa shape index (κ3) is 11.6. The minimum atomic E-state index is -4.65. The minimum absolute atomic E-state index is 0.0418. The molecule has 4 rings (SSSR count). The molecule has 53 heavy (non-hydrogen) atoms. The zero-order valence-corrected chi connectivity index (χ0v) is 29.4. The third-order valence-corrected chi connectivity index (χ3v) is 7.89. The van der Waals surface area contributed by atoms with Gasteiger partial charge in [-0.2, -0.15) is 18.3 Å². The smallest absolute Gasteiger partial charge is 0.379 e. The van der Waals surface area contributed by atoms with E-state index in [2.05, 4.69) is 20.6 Å². The molecular weight excluding hydrogens is 697 g/mol. The first-order valence-corrected chi connectivity index (χ1v) is 16.8. The van der Waals surface area contributed by atoms with Gasteiger partial charge in [0.1, 0.15) is 0 Å². The van der Waals surface area contributed by atoms with E-state index in [1.54, 1.807) is 41.9 Å². The summed E-state index contributed by atoms with van der Waals surface area (Å²) in [4.78, 5) is 41.9. The van der Waals surface area contributed by atoms with Crippen LogP contribution in [0.2, 0.25) is 0 Å². The van der Waals surface area contributed by atoms with Crippen LogP contribution in [0, 0.1) is 13.5 Å². The fourth-order valence-corrected chi connectivity index (χ4v) is 5.23. The zero-order chi connectivity index (χ0) is 38.2. The number of nitrogens with one attached hydrogen (secondary N) is 2. The number of carbonyl (C=O) groups is 2. The molecule has 13 nitrogen and oxygen atoms in total. The molecule has 0 unspecified atom stereocenters. The molecule has 16 heteroatoms. The summed E-state index contributed by atoms with van der Waals surface area (Å²) < 4.78 is 65.6. The Hall–Kier alpha value is -5.34. The molecule has 4 aromatic rings. The molecule has 2 aromatic carbocycles. The van der Waals surface area contributed by atoms with E-state index in [0.29, 0.717) is 74.5 Å². The summed E-state index contributed by atoms with van der Waals surface area (Å²) in [5.41, 5.74) is 0.324. The molecule has 2 aromatic heterocycles. The van der Waals surface area contributed by atoms with Crippen LogP contribution >= 0.6 is 0 Å². The summed E-state index contributed by atoms with van der Waals surface area (Å²) >= 11 is 0. The van der Waals surface area contributed by atoms with Gasteiger partial charge >= 0.3 is 12.2 Å². The lowest BCUT2D eigenvalue weighted by Crippen LogP contribution is -2.35. The number of rotatable bonds is 20. The monoisotopic (exact) mass is 738 g/mol. The Bertz CT molecular complexity index is 1920. The van der Waals surface area contributed by atoms with E-state index in [4.69, 9.17) is 25.5 Å². The summed E-state index contributed by atoms with van der Waals surface area (Å²) in [6, 6.07) is 13.9. The number of hydrogen-bond acceptors (Lipinski definition) is 8. The topological polar surface area (TPSA) is 139 Å². The highest BCUT2D eigenvalue weighted by Gasteiger charge is 2.31. The number of halogens is 3. The number of aromatic nitrogens is 3. The van der Waals surface area contributed by atoms with E-state index < -0.39 is 23.1 Å². The first kappa shape index (κ1) is 40.4. The van der Waals surface area contributed by atoms with Gasteiger partial charge in [0.2, 0.25) is 0 Å². The number of Topliss-reactive ketones (excluding diaryl/α,β-unsaturated/α-hetero) is 1. The first-order valence-electron chi connectivity index (χ1n) is 16.8. The molecule has 0 fully saturated rings. The SMILES string of the molecule is [C-]#[N+]c1ccc(-n2nccc2-c2cc(C(=O)CCCOCCOCCOCCOCCNC(=O)NC)c(=O)n(-c3cccc(C(F)(F)F)c3)c2C)cc1. The average molecular weight is 739 g/mol. The van der Waals surface area contributed by atoms with Crippen LogP contribution in [0.4, 0.5) is 23.7 Å². The van der Waals surface area contributed by atoms with E-state index in [1.165, 1.54) is 31.4 Å². The molecule has 0 atom stereocenters. The number of benzene rings is 2. The summed E-state index contributed by atoms with van der Waals surface area (Å²) in [7, 11) is 1.53. The van der Waals surface area contributed by atoms with Gasteiger partial charge in [-0.15, -0.1) is 0 Å². The second kappa shape index (κ2) is 20.0. The van der Waals surface area contributed by atoms with Crippen LogP contribution in [0.15, 0.2) is 71.7 Å². The number of nitrogens with zero attached hydrogens (tertiary/aromatic N) is 4. The molecule has 0 saturated carbocycles. The minimum Gasteiger partial charge on any atom is -0.379 e. The predicted molar refractivity (Wildman–Crippen MR) is 190 cm³/mol. The molecule has 2 N–H and O–H groups in total. The number of ketones is 1. The summed E-state index contributed by atoms with van der Waals surface area (Å²) in [5, 5.41) is 9.45. The van der Waals surface area contributed by atoms with Crippen molar-refractivity contribution in [2.24, 2.45) is 0 Å². The maximum atomic E-state index is 13.9. The van der Waals surface area contributed by atoms with Crippen LogP contribution in [-0.2, 0) is 25.1 Å². The van der Waals surface area contributed by atoms with Crippen molar-refractivity contribution in [3.05, 3.63) is 105 Å². The maximum Gasteiger partial charge on any atom is 0.416 e. The van der Waals surface area contributed by atoms with Gasteiger partial charge in [0.05, 0.1) is 81.5 Å². The van der Waals surface area contributed by atoms with E-state index in [0.717, 1.165) is 16.7 Å². The van der Waals surface area contributed by atoms with Gasteiger partial charge in [0, 0.05) is 43.6 Å². The maximum absolute atomic E-state index is 13.9. The molecule has 0 aliphatic rings. The predicted octanol–water partition coefficient (Wildman–Crippen LogP) is 5.53. The van der Waals surface area contributed by atoms with Gasteiger partial charge in [-0.05, 0) is 55.8 Å². The number of hydrogen-bond donors (Lipinski definition) is 2. The number of ether oxygens (including phenoxy) is 4. The lowest BCUT2D eigenvalue weighted by molar-refractivity contribution is -0.137. The molecule has 282 valence electrons. The largest absolute Gasteiger partial charge is 0.416 e. The molecular formula is C37H41F3N6O7. The molecule has 0 aliphatic carbocycles. The Balaban J connectivity index is 1.37. The van der Waals surface area contributed by atoms with Gasteiger partial charge in [-0.25, -0.2) is 14.3 Å². The molecule has 0 aliphatic heterocycles. The lowest BCUT2D eigenvalue weighted by Gasteiger charge is -2.18. The van der Waals surface area contributed by atoms with Crippen LogP contribution in [0.3, 0.4) is 0 Å². The van der Waals surface area contributed by atoms with Crippen molar-refractivity contribution in [3.63, 3.8) is 0 Å². The molecule has 0 saturated heterocycles. The summed E-state index contributed by atoms with van der Waals surface area (Å²) in [6.45, 7) is 11.8. The van der Waals surface area contributed by atoms with Crippen molar-refractivity contribution in [2.75, 3.05) is 66.4 Å². The average Bonchev–Trinajstić information content (AvgIpc) is 3.64. The standard InChI is InChI=1S/C37H41F3N6O7/c1-26-31(33-13-14-44-46(33)29-11-9-28(41-2)10-12-29)25-32(35(48)45(26)30-7-4-6-27(24-30)37(38,39)40)34(47)8-5-16-50-18-20-52-22-23-53-21-19-51-17-15-43-36(49)42-3/h4,6-7,9-14,24-25H,5,8,15-23H2,1,3H3,(H2,42,43,49). The molecule has 0 radical (unpaired) electrons. The van der Waals surface area contributed by atoms with Crippen molar-refractivity contribution >= 4 is 17.5 Å². The van der Waals surface area contributed by atoms with E-state index >= 15 is 0 Å². The Labute approximate surface area is 304 Å². The Morgan fingerprint density at radius 1 is 0.868 bits per heavy atom. The number of urea groups is 1. The molecule has 0 bridgehead atoms. The third-order valence-electron chi connectivity index (χ3n) is 7.89.